The van der Waals surface area contributed by atoms with E-state index in [-0.39, 0.29) is 35.1 Å². The topological polar surface area (TPSA) is 85.5 Å². The van der Waals surface area contributed by atoms with Crippen molar-refractivity contribution < 1.29 is 9.59 Å². The van der Waals surface area contributed by atoms with Gasteiger partial charge in [-0.2, -0.15) is 0 Å². The molecule has 2 aliphatic heterocycles. The Kier molecular flexibility index (Phi) is 6.19. The third-order valence-electron chi connectivity index (χ3n) is 5.21. The summed E-state index contributed by atoms with van der Waals surface area (Å²) >= 11 is 7.34. The summed E-state index contributed by atoms with van der Waals surface area (Å²) in [7, 11) is 0. The maximum absolute atomic E-state index is 12.6. The fourth-order valence-corrected chi connectivity index (χ4v) is 4.64. The molecule has 4 rings (SSSR count). The van der Waals surface area contributed by atoms with Gasteiger partial charge in [-0.15, -0.1) is 11.8 Å². The van der Waals surface area contributed by atoms with Crippen LogP contribution in [0.25, 0.3) is 0 Å². The summed E-state index contributed by atoms with van der Waals surface area (Å²) in [6.07, 6.45) is -0.208. The summed E-state index contributed by atoms with van der Waals surface area (Å²) in [4.78, 5) is 25.0. The molecule has 2 aromatic rings. The maximum atomic E-state index is 12.6. The predicted octanol–water partition coefficient (Wildman–Crippen LogP) is 2.60. The highest BCUT2D eigenvalue weighted by Gasteiger charge is 2.44. The zero-order valence-electron chi connectivity index (χ0n) is 16.7. The van der Waals surface area contributed by atoms with Gasteiger partial charge in [0.15, 0.2) is 0 Å². The molecule has 2 aliphatic rings. The minimum Gasteiger partial charge on any atom is -0.331 e. The first kappa shape index (κ1) is 21.0. The smallest absolute Gasteiger partial charge is 0.234 e. The first-order chi connectivity index (χ1) is 14.4. The molecule has 0 saturated carbocycles. The van der Waals surface area contributed by atoms with Gasteiger partial charge in [0, 0.05) is 17.3 Å². The molecule has 3 atom stereocenters. The number of aryl methyl sites for hydroxylation is 2. The minimum absolute atomic E-state index is 0.0324. The van der Waals surface area contributed by atoms with E-state index in [9.17, 15) is 9.59 Å². The van der Waals surface area contributed by atoms with E-state index in [1.165, 1.54) is 11.8 Å². The molecule has 2 heterocycles. The molecule has 0 bridgehead atoms. The Balaban J connectivity index is 1.36. The van der Waals surface area contributed by atoms with Gasteiger partial charge in [-0.3, -0.25) is 19.9 Å². The Morgan fingerprint density at radius 2 is 2.00 bits per heavy atom. The number of carbonyl (C=O) groups excluding carboxylic acids is 2. The lowest BCUT2D eigenvalue weighted by atomic mass is 10.1. The van der Waals surface area contributed by atoms with Gasteiger partial charge >= 0.3 is 0 Å². The summed E-state index contributed by atoms with van der Waals surface area (Å²) in [6.45, 7) is 4.53. The van der Waals surface area contributed by atoms with Crippen LogP contribution in [0, 0.1) is 19.8 Å². The Hall–Kier alpha value is -2.26. The van der Waals surface area contributed by atoms with E-state index in [1.54, 1.807) is 0 Å². The van der Waals surface area contributed by atoms with E-state index < -0.39 is 0 Å². The summed E-state index contributed by atoms with van der Waals surface area (Å²) < 4.78 is 0. The fraction of sp³-hybridized carbons (Fsp3) is 0.333. The van der Waals surface area contributed by atoms with Crippen LogP contribution in [0.15, 0.2) is 42.5 Å². The molecule has 7 nitrogen and oxygen atoms in total. The van der Waals surface area contributed by atoms with Gasteiger partial charge in [0.25, 0.3) is 0 Å². The maximum Gasteiger partial charge on any atom is 0.234 e. The van der Waals surface area contributed by atoms with Gasteiger partial charge < -0.3 is 10.6 Å². The summed E-state index contributed by atoms with van der Waals surface area (Å²) in [6, 6.07) is 13.4. The van der Waals surface area contributed by atoms with Crippen LogP contribution < -0.4 is 26.4 Å². The Morgan fingerprint density at radius 1 is 1.23 bits per heavy atom. The van der Waals surface area contributed by atoms with Crippen molar-refractivity contribution in [3.05, 3.63) is 58.6 Å². The summed E-state index contributed by atoms with van der Waals surface area (Å²) in [5.41, 5.74) is 6.81. The van der Waals surface area contributed by atoms with Gasteiger partial charge in [0.1, 0.15) is 11.7 Å². The van der Waals surface area contributed by atoms with E-state index in [4.69, 9.17) is 11.6 Å². The molecule has 30 heavy (non-hydrogen) atoms. The quantitative estimate of drug-likeness (QED) is 0.566. The second-order valence-corrected chi connectivity index (χ2v) is 9.02. The van der Waals surface area contributed by atoms with Crippen LogP contribution in [-0.4, -0.2) is 35.8 Å². The number of nitrogens with zero attached hydrogens (tertiary/aromatic N) is 1. The highest BCUT2D eigenvalue weighted by atomic mass is 35.5. The van der Waals surface area contributed by atoms with Crippen LogP contribution in [0.1, 0.15) is 11.1 Å². The van der Waals surface area contributed by atoms with Crippen molar-refractivity contribution in [1.29, 1.82) is 0 Å². The summed E-state index contributed by atoms with van der Waals surface area (Å²) in [5, 5.41) is 11.9. The number of nitrogens with one attached hydrogen (secondary N) is 4. The molecule has 0 radical (unpaired) electrons. The first-order valence-electron chi connectivity index (χ1n) is 9.74. The van der Waals surface area contributed by atoms with Gasteiger partial charge in [-0.05, 0) is 49.7 Å². The van der Waals surface area contributed by atoms with Crippen LogP contribution in [0.3, 0.4) is 0 Å². The van der Waals surface area contributed by atoms with Crippen molar-refractivity contribution in [2.75, 3.05) is 22.6 Å². The SMILES string of the molecule is Cc1ccc(NC(=O)CSC2NC(=O)C3CNN(c4ccc(Cl)cc4)C3N2)c(C)c1. The third-order valence-corrected chi connectivity index (χ3v) is 6.48. The van der Waals surface area contributed by atoms with E-state index >= 15 is 0 Å². The number of amides is 2. The standard InChI is InChI=1S/C21H24ClN5O2S/c1-12-3-8-17(13(2)9-12)24-18(28)11-30-21-25-19-16(20(29)26-21)10-23-27(19)15-6-4-14(22)5-7-15/h3-9,16,19,21,23,25H,10-11H2,1-2H3,(H,24,28)(H,26,29). The number of fused-ring (bicyclic) bond motifs is 1. The van der Waals surface area contributed by atoms with E-state index in [0.29, 0.717) is 11.6 Å². The molecule has 2 fully saturated rings. The molecular weight excluding hydrogens is 422 g/mol. The normalized spacial score (nSPS) is 23.1. The number of halogens is 1. The number of thioether (sulfide) groups is 1. The third kappa shape index (κ3) is 4.57. The molecular formula is C21H24ClN5O2S. The number of hydrazine groups is 1. The lowest BCUT2D eigenvalue weighted by Gasteiger charge is -2.37. The van der Waals surface area contributed by atoms with E-state index in [2.05, 4.69) is 21.4 Å². The highest BCUT2D eigenvalue weighted by molar-refractivity contribution is 8.00. The van der Waals surface area contributed by atoms with E-state index in [0.717, 1.165) is 22.5 Å². The van der Waals surface area contributed by atoms with Gasteiger partial charge in [-0.1, -0.05) is 29.3 Å². The van der Waals surface area contributed by atoms with Crippen LogP contribution in [0.4, 0.5) is 11.4 Å². The Morgan fingerprint density at radius 3 is 2.73 bits per heavy atom. The average Bonchev–Trinajstić information content (AvgIpc) is 3.14. The molecule has 158 valence electrons. The summed E-state index contributed by atoms with van der Waals surface area (Å²) in [5.74, 6) is -0.141. The predicted molar refractivity (Wildman–Crippen MR) is 121 cm³/mol. The second-order valence-electron chi connectivity index (χ2n) is 7.49. The van der Waals surface area contributed by atoms with Crippen molar-refractivity contribution in [2.45, 2.75) is 25.5 Å². The monoisotopic (exact) mass is 445 g/mol. The number of rotatable bonds is 5. The van der Waals surface area contributed by atoms with Gasteiger partial charge in [0.2, 0.25) is 11.8 Å². The van der Waals surface area contributed by atoms with Crippen molar-refractivity contribution >= 4 is 46.6 Å². The molecule has 0 aliphatic carbocycles. The average molecular weight is 446 g/mol. The van der Waals surface area contributed by atoms with Crippen LogP contribution in [-0.2, 0) is 9.59 Å². The van der Waals surface area contributed by atoms with Gasteiger partial charge in [-0.25, -0.2) is 5.43 Å². The lowest BCUT2D eigenvalue weighted by Crippen LogP contribution is -2.63. The molecule has 2 amide bonds. The number of anilines is 2. The van der Waals surface area contributed by atoms with Crippen LogP contribution in [0.2, 0.25) is 5.02 Å². The van der Waals surface area contributed by atoms with Crippen molar-refractivity contribution in [1.82, 2.24) is 16.1 Å². The highest BCUT2D eigenvalue weighted by Crippen LogP contribution is 2.28. The molecule has 9 heteroatoms. The second kappa shape index (κ2) is 8.85. The zero-order chi connectivity index (χ0) is 21.3. The van der Waals surface area contributed by atoms with Crippen molar-refractivity contribution in [3.8, 4) is 0 Å². The molecule has 0 aromatic heterocycles. The van der Waals surface area contributed by atoms with Crippen molar-refractivity contribution in [3.63, 3.8) is 0 Å². The molecule has 3 unspecified atom stereocenters. The lowest BCUT2D eigenvalue weighted by molar-refractivity contribution is -0.127. The Bertz CT molecular complexity index is 955. The molecule has 4 N–H and O–H groups in total. The number of hydrogen-bond donors (Lipinski definition) is 4. The minimum atomic E-state index is -0.363. The van der Waals surface area contributed by atoms with Gasteiger partial charge in [0.05, 0.1) is 17.4 Å². The van der Waals surface area contributed by atoms with Crippen LogP contribution in [0.5, 0.6) is 0 Å². The largest absolute Gasteiger partial charge is 0.331 e. The van der Waals surface area contributed by atoms with Crippen LogP contribution >= 0.6 is 23.4 Å². The molecule has 2 aromatic carbocycles. The first-order valence-corrected chi connectivity index (χ1v) is 11.2. The van der Waals surface area contributed by atoms with Crippen molar-refractivity contribution in [2.24, 2.45) is 5.92 Å². The number of carbonyl (C=O) groups is 2. The molecule has 2 saturated heterocycles. The Labute approximate surface area is 184 Å². The zero-order valence-corrected chi connectivity index (χ0v) is 18.3. The fourth-order valence-electron chi connectivity index (χ4n) is 3.69. The number of hydrogen-bond acceptors (Lipinski definition) is 6. The molecule has 0 spiro atoms. The van der Waals surface area contributed by atoms with E-state index in [1.807, 2.05) is 61.3 Å². The number of benzene rings is 2.